The van der Waals surface area contributed by atoms with Crippen LogP contribution < -0.4 is 0 Å². The van der Waals surface area contributed by atoms with Crippen molar-refractivity contribution in [3.8, 4) is 0 Å². The van der Waals surface area contributed by atoms with Gasteiger partial charge in [-0.25, -0.2) is 0 Å². The molecule has 13 heavy (non-hydrogen) atoms. The summed E-state index contributed by atoms with van der Waals surface area (Å²) in [6, 6.07) is 7.23. The SMILES string of the molecule is O=C(Cl)Sc1ccccc1C(=S)S. The quantitative estimate of drug-likeness (QED) is 0.372. The van der Waals surface area contributed by atoms with E-state index < -0.39 is 4.57 Å². The molecule has 1 aromatic carbocycles. The van der Waals surface area contributed by atoms with E-state index in [-0.39, 0.29) is 0 Å². The molecule has 1 rings (SSSR count). The van der Waals surface area contributed by atoms with E-state index in [1.807, 2.05) is 12.1 Å². The van der Waals surface area contributed by atoms with E-state index in [1.54, 1.807) is 12.1 Å². The van der Waals surface area contributed by atoms with Crippen LogP contribution in [-0.4, -0.2) is 8.77 Å². The molecule has 0 atom stereocenters. The molecule has 0 aromatic heterocycles. The van der Waals surface area contributed by atoms with E-state index in [2.05, 4.69) is 12.6 Å². The second-order valence-electron chi connectivity index (χ2n) is 2.14. The number of halogens is 1. The van der Waals surface area contributed by atoms with E-state index in [0.717, 1.165) is 22.2 Å². The van der Waals surface area contributed by atoms with Crippen LogP contribution in [0.2, 0.25) is 0 Å². The molecular formula is C8H5ClOS3. The summed E-state index contributed by atoms with van der Waals surface area (Å²) in [5.74, 6) is 0. The smallest absolute Gasteiger partial charge is 0.268 e. The monoisotopic (exact) mass is 248 g/mol. The highest BCUT2D eigenvalue weighted by Gasteiger charge is 2.07. The lowest BCUT2D eigenvalue weighted by Gasteiger charge is -2.03. The topological polar surface area (TPSA) is 17.1 Å². The van der Waals surface area contributed by atoms with Crippen molar-refractivity contribution in [1.29, 1.82) is 0 Å². The second-order valence-corrected chi connectivity index (χ2v) is 4.88. The summed E-state index contributed by atoms with van der Waals surface area (Å²) in [6.07, 6.45) is 0. The molecule has 1 aromatic rings. The molecule has 5 heteroatoms. The molecule has 1 nitrogen and oxygen atoms in total. The minimum Gasteiger partial charge on any atom is -0.268 e. The third-order valence-electron chi connectivity index (χ3n) is 1.31. The number of benzene rings is 1. The van der Waals surface area contributed by atoms with Crippen molar-refractivity contribution in [2.75, 3.05) is 0 Å². The van der Waals surface area contributed by atoms with Crippen LogP contribution in [0.25, 0.3) is 0 Å². The van der Waals surface area contributed by atoms with Gasteiger partial charge in [-0.3, -0.25) is 4.79 Å². The number of hydrogen-bond donors (Lipinski definition) is 1. The number of carbonyl (C=O) groups excluding carboxylic acids is 1. The van der Waals surface area contributed by atoms with Crippen LogP contribution in [0.4, 0.5) is 4.79 Å². The van der Waals surface area contributed by atoms with Crippen molar-refractivity contribution < 1.29 is 4.79 Å². The Kier molecular flexibility index (Phi) is 4.25. The number of thiocarbonyl (C=S) groups is 1. The average Bonchev–Trinajstić information content (AvgIpc) is 2.03. The molecule has 0 aliphatic rings. The summed E-state index contributed by atoms with van der Waals surface area (Å²) in [4.78, 5) is 11.4. The number of thiol groups is 1. The maximum absolute atomic E-state index is 10.6. The molecule has 0 radical (unpaired) electrons. The van der Waals surface area contributed by atoms with E-state index in [4.69, 9.17) is 23.8 Å². The number of thioether (sulfide) groups is 1. The summed E-state index contributed by atoms with van der Waals surface area (Å²) in [7, 11) is 0. The molecular weight excluding hydrogens is 244 g/mol. The highest BCUT2D eigenvalue weighted by molar-refractivity contribution is 8.17. The predicted octanol–water partition coefficient (Wildman–Crippen LogP) is 3.74. The molecule has 68 valence electrons. The first-order valence-corrected chi connectivity index (χ1v) is 5.36. The van der Waals surface area contributed by atoms with Gasteiger partial charge < -0.3 is 0 Å². The van der Waals surface area contributed by atoms with Crippen LogP contribution in [0.5, 0.6) is 0 Å². The van der Waals surface area contributed by atoms with Crippen molar-refractivity contribution in [3.63, 3.8) is 0 Å². The third kappa shape index (κ3) is 3.31. The van der Waals surface area contributed by atoms with Crippen molar-refractivity contribution in [1.82, 2.24) is 0 Å². The Morgan fingerprint density at radius 2 is 2.08 bits per heavy atom. The fraction of sp³-hybridized carbons (Fsp3) is 0. The highest BCUT2D eigenvalue weighted by Crippen LogP contribution is 2.26. The fourth-order valence-electron chi connectivity index (χ4n) is 0.819. The number of carbonyl (C=O) groups is 1. The van der Waals surface area contributed by atoms with Gasteiger partial charge in [0.25, 0.3) is 4.57 Å². The first-order valence-electron chi connectivity index (χ1n) is 3.31. The molecule has 0 amide bonds. The van der Waals surface area contributed by atoms with Gasteiger partial charge in [0.2, 0.25) is 0 Å². The maximum Gasteiger partial charge on any atom is 0.284 e. The zero-order valence-corrected chi connectivity index (χ0v) is 9.64. The van der Waals surface area contributed by atoms with Crippen molar-refractivity contribution in [2.45, 2.75) is 4.90 Å². The Morgan fingerprint density at radius 3 is 2.62 bits per heavy atom. The van der Waals surface area contributed by atoms with Crippen LogP contribution in [-0.2, 0) is 0 Å². The standard InChI is InChI=1S/C8H5ClOS3/c9-8(10)13-6-4-2-1-3-5(6)7(11)12/h1-4H,(H,11,12). The Labute approximate surface area is 96.3 Å². The lowest BCUT2D eigenvalue weighted by molar-refractivity contribution is 0.276. The molecule has 0 aliphatic carbocycles. The molecule has 0 spiro atoms. The number of rotatable bonds is 2. The average molecular weight is 249 g/mol. The minimum absolute atomic E-state index is 0.459. The minimum atomic E-state index is -0.475. The van der Waals surface area contributed by atoms with Gasteiger partial charge in [0, 0.05) is 10.5 Å². The van der Waals surface area contributed by atoms with Gasteiger partial charge in [-0.1, -0.05) is 30.4 Å². The van der Waals surface area contributed by atoms with Crippen LogP contribution in [0.1, 0.15) is 5.56 Å². The molecule has 0 aliphatic heterocycles. The van der Waals surface area contributed by atoms with Gasteiger partial charge in [-0.2, -0.15) is 0 Å². The van der Waals surface area contributed by atoms with E-state index >= 15 is 0 Å². The van der Waals surface area contributed by atoms with Gasteiger partial charge in [0.15, 0.2) is 0 Å². The Balaban J connectivity index is 3.04. The van der Waals surface area contributed by atoms with Crippen LogP contribution in [0.15, 0.2) is 29.2 Å². The largest absolute Gasteiger partial charge is 0.284 e. The zero-order valence-electron chi connectivity index (χ0n) is 6.36. The van der Waals surface area contributed by atoms with Gasteiger partial charge in [-0.05, 0) is 29.4 Å². The zero-order chi connectivity index (χ0) is 9.84. The van der Waals surface area contributed by atoms with E-state index in [0.29, 0.717) is 4.20 Å². The summed E-state index contributed by atoms with van der Waals surface area (Å²) >= 11 is 15.1. The second kappa shape index (κ2) is 5.00. The summed E-state index contributed by atoms with van der Waals surface area (Å²) in [6.45, 7) is 0. The Bertz CT molecular complexity index is 351. The van der Waals surface area contributed by atoms with Crippen LogP contribution in [0, 0.1) is 0 Å². The first kappa shape index (κ1) is 11.0. The molecule has 0 N–H and O–H groups in total. The molecule has 0 fully saturated rings. The maximum atomic E-state index is 10.6. The summed E-state index contributed by atoms with van der Waals surface area (Å²) < 4.78 is -0.0157. The van der Waals surface area contributed by atoms with Crippen LogP contribution >= 0.6 is 48.2 Å². The van der Waals surface area contributed by atoms with Gasteiger partial charge in [-0.15, -0.1) is 12.6 Å². The molecule has 0 saturated heterocycles. The fourth-order valence-corrected chi connectivity index (χ4v) is 2.18. The normalized spacial score (nSPS) is 9.69. The molecule has 0 heterocycles. The van der Waals surface area contributed by atoms with Gasteiger partial charge in [0.05, 0.1) is 4.20 Å². The highest BCUT2D eigenvalue weighted by atomic mass is 35.5. The Hall–Kier alpha value is -0.0300. The summed E-state index contributed by atoms with van der Waals surface area (Å²) in [5, 5.41) is 0. The van der Waals surface area contributed by atoms with Gasteiger partial charge in [0.1, 0.15) is 0 Å². The molecule has 0 unspecified atom stereocenters. The lowest BCUT2D eigenvalue weighted by Crippen LogP contribution is -1.91. The number of hydrogen-bond acceptors (Lipinski definition) is 3. The third-order valence-corrected chi connectivity index (χ3v) is 2.74. The summed E-state index contributed by atoms with van der Waals surface area (Å²) in [5.41, 5.74) is 0.764. The van der Waals surface area contributed by atoms with E-state index in [9.17, 15) is 4.79 Å². The predicted molar refractivity (Wildman–Crippen MR) is 64.2 cm³/mol. The van der Waals surface area contributed by atoms with Gasteiger partial charge >= 0.3 is 0 Å². The van der Waals surface area contributed by atoms with Crippen molar-refractivity contribution in [2.24, 2.45) is 0 Å². The molecule has 0 saturated carbocycles. The molecule has 0 bridgehead atoms. The first-order chi connectivity index (χ1) is 6.11. The van der Waals surface area contributed by atoms with Crippen molar-refractivity contribution in [3.05, 3.63) is 29.8 Å². The Morgan fingerprint density at radius 1 is 1.46 bits per heavy atom. The van der Waals surface area contributed by atoms with Crippen molar-refractivity contribution >= 4 is 57.0 Å². The lowest BCUT2D eigenvalue weighted by atomic mass is 10.2. The van der Waals surface area contributed by atoms with Crippen LogP contribution in [0.3, 0.4) is 0 Å². The van der Waals surface area contributed by atoms with E-state index in [1.165, 1.54) is 0 Å².